The van der Waals surface area contributed by atoms with Crippen molar-refractivity contribution in [1.82, 2.24) is 36.0 Å². The zero-order valence-corrected chi connectivity index (χ0v) is 16.4. The minimum absolute atomic E-state index is 0.491. The summed E-state index contributed by atoms with van der Waals surface area (Å²) in [5.41, 5.74) is 17.0. The van der Waals surface area contributed by atoms with Crippen molar-refractivity contribution in [2.24, 2.45) is 0 Å². The van der Waals surface area contributed by atoms with Gasteiger partial charge in [-0.05, 0) is 42.0 Å². The number of nitrogens with one attached hydrogen (secondary N) is 4. The zero-order valence-electron chi connectivity index (χ0n) is 16.4. The smallest absolute Gasteiger partial charge is 0.180 e. The average molecular weight is 409 g/mol. The van der Waals surface area contributed by atoms with Crippen molar-refractivity contribution in [3.8, 4) is 11.5 Å². The molecular formula is C22H19N9. The molecule has 0 unspecified atom stereocenters. The standard InChI is InChI=1S/C22H19N9/c23-18-10-20(25-12-15(18)2-1-14-5-8-26-27-11-14)22-24-7-6-21(30-22)29-17-3-4-19-16(9-17)13-28-31-19/h1-13,26-27H,(H2,23,25)(H,28,31)(H,24,29,30)/b2-1+. The second kappa shape index (κ2) is 7.99. The van der Waals surface area contributed by atoms with E-state index in [0.29, 0.717) is 23.0 Å². The highest BCUT2D eigenvalue weighted by Crippen LogP contribution is 2.23. The summed E-state index contributed by atoms with van der Waals surface area (Å²) in [5.74, 6) is 1.15. The molecule has 6 N–H and O–H groups in total. The van der Waals surface area contributed by atoms with E-state index in [1.54, 1.807) is 30.7 Å². The maximum absolute atomic E-state index is 6.24. The van der Waals surface area contributed by atoms with Crippen molar-refractivity contribution in [2.75, 3.05) is 11.1 Å². The summed E-state index contributed by atoms with van der Waals surface area (Å²) < 4.78 is 0. The topological polar surface area (TPSA) is 129 Å². The molecule has 152 valence electrons. The highest BCUT2D eigenvalue weighted by Gasteiger charge is 2.08. The Kier molecular flexibility index (Phi) is 4.74. The lowest BCUT2D eigenvalue weighted by Gasteiger charge is -2.08. The van der Waals surface area contributed by atoms with Crippen LogP contribution in [0.25, 0.3) is 28.5 Å². The number of nitrogen functional groups attached to an aromatic ring is 1. The van der Waals surface area contributed by atoms with Crippen molar-refractivity contribution >= 4 is 34.2 Å². The molecule has 3 aromatic heterocycles. The number of nitrogens with zero attached hydrogens (tertiary/aromatic N) is 4. The lowest BCUT2D eigenvalue weighted by atomic mass is 10.1. The molecule has 0 aliphatic carbocycles. The van der Waals surface area contributed by atoms with Gasteiger partial charge in [0, 0.05) is 47.1 Å². The summed E-state index contributed by atoms with van der Waals surface area (Å²) in [7, 11) is 0. The Morgan fingerprint density at radius 1 is 1.00 bits per heavy atom. The van der Waals surface area contributed by atoms with Crippen molar-refractivity contribution in [2.45, 2.75) is 0 Å². The molecule has 9 nitrogen and oxygen atoms in total. The molecule has 1 aliphatic rings. The van der Waals surface area contributed by atoms with E-state index in [1.165, 1.54) is 0 Å². The van der Waals surface area contributed by atoms with Crippen LogP contribution in [-0.4, -0.2) is 25.1 Å². The first-order valence-corrected chi connectivity index (χ1v) is 9.59. The van der Waals surface area contributed by atoms with Crippen LogP contribution in [0.15, 0.2) is 79.0 Å². The normalized spacial score (nSPS) is 13.1. The Balaban J connectivity index is 1.36. The number of H-pyrrole nitrogens is 1. The molecule has 0 bridgehead atoms. The average Bonchev–Trinajstić information content (AvgIpc) is 3.27. The number of fused-ring (bicyclic) bond motifs is 1. The van der Waals surface area contributed by atoms with Crippen molar-refractivity contribution < 1.29 is 0 Å². The molecule has 0 fully saturated rings. The number of nitrogens with two attached hydrogens (primary N) is 1. The number of aromatic amines is 1. The molecule has 0 atom stereocenters. The number of anilines is 3. The molecule has 31 heavy (non-hydrogen) atoms. The maximum atomic E-state index is 6.24. The molecule has 0 radical (unpaired) electrons. The number of hydrogen-bond donors (Lipinski definition) is 5. The molecule has 0 saturated heterocycles. The molecular weight excluding hydrogens is 390 g/mol. The Labute approximate surface area is 177 Å². The summed E-state index contributed by atoms with van der Waals surface area (Å²) in [5, 5.41) is 11.3. The van der Waals surface area contributed by atoms with Gasteiger partial charge in [0.25, 0.3) is 0 Å². The van der Waals surface area contributed by atoms with Crippen LogP contribution in [0, 0.1) is 0 Å². The first kappa shape index (κ1) is 18.4. The first-order chi connectivity index (χ1) is 15.2. The fourth-order valence-corrected chi connectivity index (χ4v) is 3.11. The van der Waals surface area contributed by atoms with Crippen molar-refractivity contribution in [1.29, 1.82) is 0 Å². The van der Waals surface area contributed by atoms with Gasteiger partial charge < -0.3 is 21.9 Å². The van der Waals surface area contributed by atoms with Crippen LogP contribution >= 0.6 is 0 Å². The Bertz CT molecular complexity index is 1330. The number of benzene rings is 1. The number of pyridine rings is 1. The molecule has 0 amide bonds. The van der Waals surface area contributed by atoms with Crippen molar-refractivity contribution in [3.63, 3.8) is 0 Å². The fraction of sp³-hybridized carbons (Fsp3) is 0. The zero-order chi connectivity index (χ0) is 21.0. The minimum atomic E-state index is 0.491. The Morgan fingerprint density at radius 3 is 2.84 bits per heavy atom. The lowest BCUT2D eigenvalue weighted by Crippen LogP contribution is -2.23. The van der Waals surface area contributed by atoms with E-state index in [-0.39, 0.29) is 0 Å². The molecule has 4 heterocycles. The number of hydrogen-bond acceptors (Lipinski definition) is 8. The highest BCUT2D eigenvalue weighted by atomic mass is 15.3. The largest absolute Gasteiger partial charge is 0.398 e. The predicted octanol–water partition coefficient (Wildman–Crippen LogP) is 3.26. The summed E-state index contributed by atoms with van der Waals surface area (Å²) in [6.07, 6.45) is 14.7. The van der Waals surface area contributed by atoms with Crippen LogP contribution in [0.1, 0.15) is 5.56 Å². The predicted molar refractivity (Wildman–Crippen MR) is 122 cm³/mol. The molecule has 5 rings (SSSR count). The van der Waals surface area contributed by atoms with Gasteiger partial charge in [-0.25, -0.2) is 9.97 Å². The van der Waals surface area contributed by atoms with E-state index < -0.39 is 0 Å². The van der Waals surface area contributed by atoms with E-state index in [9.17, 15) is 0 Å². The number of allylic oxidation sites excluding steroid dienone is 3. The van der Waals surface area contributed by atoms with Crippen LogP contribution in [0.5, 0.6) is 0 Å². The van der Waals surface area contributed by atoms with Gasteiger partial charge >= 0.3 is 0 Å². The number of hydrazine groups is 1. The van der Waals surface area contributed by atoms with Gasteiger partial charge in [0.05, 0.1) is 11.7 Å². The van der Waals surface area contributed by atoms with E-state index in [1.807, 2.05) is 48.8 Å². The van der Waals surface area contributed by atoms with Crippen LogP contribution in [0.3, 0.4) is 0 Å². The van der Waals surface area contributed by atoms with Gasteiger partial charge in [0.15, 0.2) is 5.82 Å². The van der Waals surface area contributed by atoms with E-state index in [0.717, 1.165) is 27.7 Å². The van der Waals surface area contributed by atoms with Crippen LogP contribution in [0.2, 0.25) is 0 Å². The van der Waals surface area contributed by atoms with Gasteiger partial charge in [-0.1, -0.05) is 12.2 Å². The van der Waals surface area contributed by atoms with Gasteiger partial charge in [-0.3, -0.25) is 10.1 Å². The van der Waals surface area contributed by atoms with Crippen LogP contribution in [-0.2, 0) is 0 Å². The first-order valence-electron chi connectivity index (χ1n) is 9.59. The number of rotatable bonds is 5. The van der Waals surface area contributed by atoms with Gasteiger partial charge in [-0.15, -0.1) is 0 Å². The van der Waals surface area contributed by atoms with E-state index in [4.69, 9.17) is 5.73 Å². The second-order valence-corrected chi connectivity index (χ2v) is 6.86. The SMILES string of the molecule is Nc1cc(-c2nccc(Nc3ccc4[nH]ncc4c3)n2)ncc1/C=C/C1=CNNC=C1. The maximum Gasteiger partial charge on any atom is 0.180 e. The molecule has 9 heteroatoms. The monoisotopic (exact) mass is 409 g/mol. The molecule has 1 aliphatic heterocycles. The second-order valence-electron chi connectivity index (χ2n) is 6.86. The third-order valence-corrected chi connectivity index (χ3v) is 4.70. The summed E-state index contributed by atoms with van der Waals surface area (Å²) in [6, 6.07) is 9.51. The van der Waals surface area contributed by atoms with Gasteiger partial charge in [0.2, 0.25) is 0 Å². The third kappa shape index (κ3) is 4.06. The van der Waals surface area contributed by atoms with Crippen LogP contribution < -0.4 is 21.9 Å². The van der Waals surface area contributed by atoms with Gasteiger partial charge in [0.1, 0.15) is 11.5 Å². The molecule has 0 spiro atoms. The van der Waals surface area contributed by atoms with E-state index in [2.05, 4.69) is 41.3 Å². The quantitative estimate of drug-likeness (QED) is 0.340. The van der Waals surface area contributed by atoms with Gasteiger partial charge in [-0.2, -0.15) is 5.10 Å². The number of aromatic nitrogens is 5. The Morgan fingerprint density at radius 2 is 1.97 bits per heavy atom. The van der Waals surface area contributed by atoms with E-state index >= 15 is 0 Å². The summed E-state index contributed by atoms with van der Waals surface area (Å²) >= 11 is 0. The lowest BCUT2D eigenvalue weighted by molar-refractivity contribution is 0.762. The summed E-state index contributed by atoms with van der Waals surface area (Å²) in [6.45, 7) is 0. The molecule has 1 aromatic carbocycles. The molecule has 0 saturated carbocycles. The van der Waals surface area contributed by atoms with Crippen molar-refractivity contribution in [3.05, 3.63) is 84.6 Å². The fourth-order valence-electron chi connectivity index (χ4n) is 3.11. The summed E-state index contributed by atoms with van der Waals surface area (Å²) in [4.78, 5) is 13.4. The minimum Gasteiger partial charge on any atom is -0.398 e. The van der Waals surface area contributed by atoms with Crippen LogP contribution in [0.4, 0.5) is 17.2 Å². The third-order valence-electron chi connectivity index (χ3n) is 4.70. The molecule has 4 aromatic rings. The Hall–Kier alpha value is -4.66. The highest BCUT2D eigenvalue weighted by molar-refractivity contribution is 5.82.